The summed E-state index contributed by atoms with van der Waals surface area (Å²) < 4.78 is 22.0. The maximum Gasteiger partial charge on any atom is 0.247 e. The first-order chi connectivity index (χ1) is 17.0. The maximum absolute atomic E-state index is 13.2. The number of fused-ring (bicyclic) bond motifs is 1. The van der Waals surface area contributed by atoms with E-state index in [0.29, 0.717) is 28.5 Å². The summed E-state index contributed by atoms with van der Waals surface area (Å²) in [5.41, 5.74) is 2.31. The van der Waals surface area contributed by atoms with E-state index in [1.807, 2.05) is 25.1 Å². The average Bonchev–Trinajstić information content (AvgIpc) is 3.49. The zero-order valence-electron chi connectivity index (χ0n) is 19.9. The molecule has 0 spiro atoms. The van der Waals surface area contributed by atoms with E-state index in [0.717, 1.165) is 17.7 Å². The number of nitrogens with zero attached hydrogens (tertiary/aromatic N) is 1. The third-order valence-corrected chi connectivity index (χ3v) is 5.61. The van der Waals surface area contributed by atoms with Crippen LogP contribution >= 0.6 is 0 Å². The minimum atomic E-state index is -0.361. The van der Waals surface area contributed by atoms with Crippen LogP contribution in [0, 0.1) is 0 Å². The van der Waals surface area contributed by atoms with Gasteiger partial charge in [0.05, 0.1) is 32.7 Å². The van der Waals surface area contributed by atoms with E-state index < -0.39 is 0 Å². The summed E-state index contributed by atoms with van der Waals surface area (Å²) in [6.45, 7) is 1.97. The second-order valence-corrected chi connectivity index (χ2v) is 8.19. The molecule has 0 aliphatic carbocycles. The van der Waals surface area contributed by atoms with Crippen molar-refractivity contribution in [3.8, 4) is 17.2 Å². The molecule has 35 heavy (non-hydrogen) atoms. The molecule has 0 fully saturated rings. The Morgan fingerprint density at radius 1 is 1.11 bits per heavy atom. The highest BCUT2D eigenvalue weighted by atomic mass is 16.5. The second kappa shape index (κ2) is 10.8. The van der Waals surface area contributed by atoms with Crippen LogP contribution in [0.2, 0.25) is 0 Å². The first kappa shape index (κ1) is 23.9. The number of anilines is 1. The van der Waals surface area contributed by atoms with Crippen molar-refractivity contribution in [1.82, 2.24) is 4.90 Å². The maximum atomic E-state index is 13.2. The third-order valence-electron chi connectivity index (χ3n) is 5.61. The fraction of sp³-hybridized carbons (Fsp3) is 0.259. The molecule has 1 aliphatic rings. The lowest BCUT2D eigenvalue weighted by Gasteiger charge is -2.20. The monoisotopic (exact) mass is 476 g/mol. The predicted octanol–water partition coefficient (Wildman–Crippen LogP) is 4.30. The number of rotatable bonds is 9. The van der Waals surface area contributed by atoms with E-state index in [2.05, 4.69) is 5.32 Å². The van der Waals surface area contributed by atoms with Gasteiger partial charge in [-0.25, -0.2) is 0 Å². The molecule has 1 N–H and O–H groups in total. The molecular formula is C27H28N2O6. The Labute approximate surface area is 204 Å². The molecule has 1 aromatic heterocycles. The second-order valence-electron chi connectivity index (χ2n) is 8.19. The van der Waals surface area contributed by atoms with Crippen molar-refractivity contribution in [3.05, 3.63) is 77.8 Å². The molecule has 3 aromatic rings. The van der Waals surface area contributed by atoms with Gasteiger partial charge in [-0.1, -0.05) is 12.1 Å². The SMILES string of the molecule is COc1cc2c(cc1/C=C/C(=O)N(CC(=O)Nc1ccccc1OC)Cc1ccco1)OC(C)C2. The fourth-order valence-corrected chi connectivity index (χ4v) is 3.94. The number of hydrogen-bond acceptors (Lipinski definition) is 6. The van der Waals surface area contributed by atoms with Crippen LogP contribution in [0.5, 0.6) is 17.2 Å². The quantitative estimate of drug-likeness (QED) is 0.463. The number of amides is 2. The standard InChI is InChI=1S/C27H28N2O6/c1-18-13-20-15-24(33-3)19(14-25(20)35-18)10-11-27(31)29(16-21-7-6-12-34-21)17-26(30)28-22-8-4-5-9-23(22)32-2/h4-12,14-15,18H,13,16-17H2,1-3H3,(H,28,30)/b11-10+. The summed E-state index contributed by atoms with van der Waals surface area (Å²) in [4.78, 5) is 27.4. The van der Waals surface area contributed by atoms with Gasteiger partial charge in [0.25, 0.3) is 0 Å². The molecule has 0 saturated carbocycles. The van der Waals surface area contributed by atoms with Crippen molar-refractivity contribution in [1.29, 1.82) is 0 Å². The van der Waals surface area contributed by atoms with Crippen molar-refractivity contribution in [3.63, 3.8) is 0 Å². The van der Waals surface area contributed by atoms with Crippen LogP contribution in [-0.2, 0) is 22.6 Å². The van der Waals surface area contributed by atoms with Crippen LogP contribution < -0.4 is 19.5 Å². The molecule has 182 valence electrons. The van der Waals surface area contributed by atoms with Crippen LogP contribution in [0.1, 0.15) is 23.8 Å². The van der Waals surface area contributed by atoms with Crippen LogP contribution in [0.15, 0.2) is 65.3 Å². The van der Waals surface area contributed by atoms with Crippen LogP contribution in [0.3, 0.4) is 0 Å². The Bertz CT molecular complexity index is 1220. The first-order valence-electron chi connectivity index (χ1n) is 11.3. The van der Waals surface area contributed by atoms with Gasteiger partial charge in [0, 0.05) is 23.6 Å². The lowest BCUT2D eigenvalue weighted by atomic mass is 10.1. The summed E-state index contributed by atoms with van der Waals surface area (Å²) in [6, 6.07) is 14.4. The highest BCUT2D eigenvalue weighted by Gasteiger charge is 2.22. The number of nitrogens with one attached hydrogen (secondary N) is 1. The molecule has 1 atom stereocenters. The van der Waals surface area contributed by atoms with Crippen molar-refractivity contribution in [2.24, 2.45) is 0 Å². The zero-order valence-corrected chi connectivity index (χ0v) is 19.9. The van der Waals surface area contributed by atoms with Crippen molar-refractivity contribution < 1.29 is 28.2 Å². The molecular weight excluding hydrogens is 448 g/mol. The number of benzene rings is 2. The fourth-order valence-electron chi connectivity index (χ4n) is 3.94. The van der Waals surface area contributed by atoms with E-state index in [-0.39, 0.29) is 31.0 Å². The van der Waals surface area contributed by atoms with Gasteiger partial charge in [-0.05, 0) is 49.4 Å². The summed E-state index contributed by atoms with van der Waals surface area (Å²) in [7, 11) is 3.12. The Hall–Kier alpha value is -4.20. The lowest BCUT2D eigenvalue weighted by Crippen LogP contribution is -2.36. The molecule has 0 bridgehead atoms. The van der Waals surface area contributed by atoms with Crippen molar-refractivity contribution >= 4 is 23.6 Å². The zero-order chi connectivity index (χ0) is 24.8. The Kier molecular flexibility index (Phi) is 7.40. The van der Waals surface area contributed by atoms with E-state index in [4.69, 9.17) is 18.6 Å². The highest BCUT2D eigenvalue weighted by Crippen LogP contribution is 2.35. The normalized spacial score (nSPS) is 14.3. The van der Waals surface area contributed by atoms with E-state index in [1.165, 1.54) is 24.3 Å². The molecule has 1 unspecified atom stereocenters. The van der Waals surface area contributed by atoms with Crippen LogP contribution in [-0.4, -0.2) is 43.6 Å². The van der Waals surface area contributed by atoms with Gasteiger partial charge in [0.2, 0.25) is 11.8 Å². The molecule has 8 nitrogen and oxygen atoms in total. The molecule has 0 saturated heterocycles. The number of ether oxygens (including phenoxy) is 3. The minimum absolute atomic E-state index is 0.0982. The van der Waals surface area contributed by atoms with Gasteiger partial charge in [-0.3, -0.25) is 9.59 Å². The van der Waals surface area contributed by atoms with E-state index >= 15 is 0 Å². The van der Waals surface area contributed by atoms with E-state index in [9.17, 15) is 9.59 Å². The smallest absolute Gasteiger partial charge is 0.247 e. The molecule has 2 aromatic carbocycles. The molecule has 8 heteroatoms. The number of para-hydroxylation sites is 2. The van der Waals surface area contributed by atoms with Gasteiger partial charge in [-0.2, -0.15) is 0 Å². The third kappa shape index (κ3) is 5.84. The highest BCUT2D eigenvalue weighted by molar-refractivity contribution is 5.98. The van der Waals surface area contributed by atoms with E-state index in [1.54, 1.807) is 43.5 Å². The van der Waals surface area contributed by atoms with Crippen LogP contribution in [0.25, 0.3) is 6.08 Å². The number of carbonyl (C=O) groups is 2. The molecule has 2 heterocycles. The number of hydrogen-bond donors (Lipinski definition) is 1. The Balaban J connectivity index is 1.52. The number of carbonyl (C=O) groups excluding carboxylic acids is 2. The topological polar surface area (TPSA) is 90.2 Å². The molecule has 0 radical (unpaired) electrons. The largest absolute Gasteiger partial charge is 0.496 e. The summed E-state index contributed by atoms with van der Waals surface area (Å²) >= 11 is 0. The van der Waals surface area contributed by atoms with Crippen LogP contribution in [0.4, 0.5) is 5.69 Å². The molecule has 2 amide bonds. The predicted molar refractivity (Wildman–Crippen MR) is 132 cm³/mol. The summed E-state index contributed by atoms with van der Waals surface area (Å²) in [5.74, 6) is 1.82. The van der Waals surface area contributed by atoms with Gasteiger partial charge < -0.3 is 28.8 Å². The lowest BCUT2D eigenvalue weighted by molar-refractivity contribution is -0.131. The number of furan rings is 1. The van der Waals surface area contributed by atoms with Gasteiger partial charge in [0.15, 0.2) is 0 Å². The average molecular weight is 477 g/mol. The molecule has 4 rings (SSSR count). The Morgan fingerprint density at radius 3 is 2.66 bits per heavy atom. The Morgan fingerprint density at radius 2 is 1.91 bits per heavy atom. The summed E-state index contributed by atoms with van der Waals surface area (Å²) in [5, 5.41) is 2.80. The van der Waals surface area contributed by atoms with Crippen molar-refractivity contribution in [2.75, 3.05) is 26.1 Å². The van der Waals surface area contributed by atoms with Gasteiger partial charge >= 0.3 is 0 Å². The van der Waals surface area contributed by atoms with Gasteiger partial charge in [-0.15, -0.1) is 0 Å². The molecule has 1 aliphatic heterocycles. The van der Waals surface area contributed by atoms with Gasteiger partial charge in [0.1, 0.15) is 35.7 Å². The summed E-state index contributed by atoms with van der Waals surface area (Å²) in [6.07, 6.45) is 5.52. The minimum Gasteiger partial charge on any atom is -0.496 e. The first-order valence-corrected chi connectivity index (χ1v) is 11.3. The van der Waals surface area contributed by atoms with Crippen molar-refractivity contribution in [2.45, 2.75) is 26.0 Å². The number of methoxy groups -OCH3 is 2.